The van der Waals surface area contributed by atoms with Crippen molar-refractivity contribution in [3.8, 4) is 0 Å². The first-order valence-electron chi connectivity index (χ1n) is 6.45. The number of nitrogens with two attached hydrogens (primary N) is 2. The molecule has 0 atom stereocenters. The maximum atomic E-state index is 10.8. The second-order valence-corrected chi connectivity index (χ2v) is 4.77. The number of amides is 1. The first-order chi connectivity index (χ1) is 9.69. The maximum Gasteiger partial charge on any atom is 0.222 e. The fourth-order valence-corrected chi connectivity index (χ4v) is 2.54. The van der Waals surface area contributed by atoms with Crippen LogP contribution in [0.2, 0.25) is 0 Å². The van der Waals surface area contributed by atoms with Crippen LogP contribution >= 0.6 is 0 Å². The van der Waals surface area contributed by atoms with E-state index in [-0.39, 0.29) is 5.95 Å². The SMILES string of the molecule is Nc1nc(N)c2c(N3CCN(C=O)CC3)cccc2n1. The molecule has 2 heterocycles. The average Bonchev–Trinajstić information content (AvgIpc) is 2.46. The number of nitrogens with zero attached hydrogens (tertiary/aromatic N) is 4. The van der Waals surface area contributed by atoms with Crippen LogP contribution in [0.25, 0.3) is 10.9 Å². The fourth-order valence-electron chi connectivity index (χ4n) is 2.54. The number of carbonyl (C=O) groups excluding carboxylic acids is 1. The van der Waals surface area contributed by atoms with E-state index in [1.54, 1.807) is 4.90 Å². The minimum Gasteiger partial charge on any atom is -0.383 e. The fraction of sp³-hybridized carbons (Fsp3) is 0.308. The number of carbonyl (C=O) groups is 1. The molecule has 0 radical (unpaired) electrons. The number of fused-ring (bicyclic) bond motifs is 1. The van der Waals surface area contributed by atoms with Crippen LogP contribution in [0.3, 0.4) is 0 Å². The summed E-state index contributed by atoms with van der Waals surface area (Å²) in [6.45, 7) is 2.94. The quantitative estimate of drug-likeness (QED) is 0.750. The van der Waals surface area contributed by atoms with Crippen molar-refractivity contribution in [1.29, 1.82) is 0 Å². The number of hydrogen-bond donors (Lipinski definition) is 2. The molecule has 7 heteroatoms. The Kier molecular flexibility index (Phi) is 3.02. The van der Waals surface area contributed by atoms with Gasteiger partial charge in [0, 0.05) is 26.2 Å². The molecular formula is C13H16N6O. The minimum atomic E-state index is 0.179. The highest BCUT2D eigenvalue weighted by Gasteiger charge is 2.19. The number of benzene rings is 1. The Morgan fingerprint density at radius 2 is 1.85 bits per heavy atom. The molecule has 104 valence electrons. The van der Waals surface area contributed by atoms with Crippen LogP contribution in [-0.2, 0) is 4.79 Å². The van der Waals surface area contributed by atoms with Crippen molar-refractivity contribution in [3.63, 3.8) is 0 Å². The van der Waals surface area contributed by atoms with Gasteiger partial charge in [0.15, 0.2) is 0 Å². The van der Waals surface area contributed by atoms with Gasteiger partial charge in [0.05, 0.1) is 16.6 Å². The lowest BCUT2D eigenvalue weighted by Gasteiger charge is -2.34. The van der Waals surface area contributed by atoms with Crippen LogP contribution in [0.15, 0.2) is 18.2 Å². The van der Waals surface area contributed by atoms with Crippen LogP contribution < -0.4 is 16.4 Å². The van der Waals surface area contributed by atoms with Crippen molar-refractivity contribution in [2.24, 2.45) is 0 Å². The molecule has 0 saturated carbocycles. The lowest BCUT2D eigenvalue weighted by Crippen LogP contribution is -2.45. The third-order valence-corrected chi connectivity index (χ3v) is 3.55. The Labute approximate surface area is 116 Å². The maximum absolute atomic E-state index is 10.8. The summed E-state index contributed by atoms with van der Waals surface area (Å²) >= 11 is 0. The van der Waals surface area contributed by atoms with E-state index < -0.39 is 0 Å². The zero-order chi connectivity index (χ0) is 14.1. The summed E-state index contributed by atoms with van der Waals surface area (Å²) in [5, 5.41) is 0.821. The molecule has 4 N–H and O–H groups in total. The smallest absolute Gasteiger partial charge is 0.222 e. The summed E-state index contributed by atoms with van der Waals surface area (Å²) in [7, 11) is 0. The molecule has 1 amide bonds. The van der Waals surface area contributed by atoms with Gasteiger partial charge in [-0.05, 0) is 12.1 Å². The molecule has 20 heavy (non-hydrogen) atoms. The van der Waals surface area contributed by atoms with Gasteiger partial charge < -0.3 is 21.3 Å². The van der Waals surface area contributed by atoms with Gasteiger partial charge in [-0.15, -0.1) is 0 Å². The van der Waals surface area contributed by atoms with Crippen molar-refractivity contribution in [1.82, 2.24) is 14.9 Å². The van der Waals surface area contributed by atoms with E-state index >= 15 is 0 Å². The second-order valence-electron chi connectivity index (χ2n) is 4.77. The molecule has 3 rings (SSSR count). The zero-order valence-corrected chi connectivity index (χ0v) is 11.0. The Bertz CT molecular complexity index is 651. The van der Waals surface area contributed by atoms with Crippen molar-refractivity contribution < 1.29 is 4.79 Å². The molecule has 0 unspecified atom stereocenters. The molecular weight excluding hydrogens is 256 g/mol. The largest absolute Gasteiger partial charge is 0.383 e. The molecule has 1 fully saturated rings. The molecule has 1 aliphatic rings. The number of aromatic nitrogens is 2. The predicted molar refractivity (Wildman–Crippen MR) is 78.2 cm³/mol. The molecule has 1 aromatic carbocycles. The molecule has 2 aromatic rings. The van der Waals surface area contributed by atoms with Gasteiger partial charge in [0.25, 0.3) is 0 Å². The summed E-state index contributed by atoms with van der Waals surface area (Å²) in [5.74, 6) is 0.568. The second kappa shape index (κ2) is 4.84. The van der Waals surface area contributed by atoms with Crippen molar-refractivity contribution in [3.05, 3.63) is 18.2 Å². The van der Waals surface area contributed by atoms with E-state index in [0.29, 0.717) is 18.9 Å². The van der Waals surface area contributed by atoms with E-state index in [2.05, 4.69) is 14.9 Å². The van der Waals surface area contributed by atoms with Crippen LogP contribution in [0.5, 0.6) is 0 Å². The van der Waals surface area contributed by atoms with Crippen LogP contribution in [0.1, 0.15) is 0 Å². The minimum absolute atomic E-state index is 0.179. The van der Waals surface area contributed by atoms with E-state index in [1.165, 1.54) is 0 Å². The van der Waals surface area contributed by atoms with Crippen molar-refractivity contribution >= 4 is 34.8 Å². The molecule has 1 aromatic heterocycles. The number of hydrogen-bond acceptors (Lipinski definition) is 6. The summed E-state index contributed by atoms with van der Waals surface area (Å²) < 4.78 is 0. The number of piperazine rings is 1. The summed E-state index contributed by atoms with van der Waals surface area (Å²) in [4.78, 5) is 23.0. The number of nitrogen functional groups attached to an aromatic ring is 2. The first kappa shape index (κ1) is 12.5. The van der Waals surface area contributed by atoms with E-state index in [9.17, 15) is 4.79 Å². The van der Waals surface area contributed by atoms with Crippen molar-refractivity contribution in [2.75, 3.05) is 42.5 Å². The van der Waals surface area contributed by atoms with Gasteiger partial charge in [0.2, 0.25) is 12.4 Å². The third-order valence-electron chi connectivity index (χ3n) is 3.55. The Hall–Kier alpha value is -2.57. The lowest BCUT2D eigenvalue weighted by atomic mass is 10.1. The Morgan fingerprint density at radius 3 is 2.55 bits per heavy atom. The topological polar surface area (TPSA) is 101 Å². The lowest BCUT2D eigenvalue weighted by molar-refractivity contribution is -0.118. The monoisotopic (exact) mass is 272 g/mol. The number of anilines is 3. The average molecular weight is 272 g/mol. The Morgan fingerprint density at radius 1 is 1.10 bits per heavy atom. The van der Waals surface area contributed by atoms with Gasteiger partial charge in [0.1, 0.15) is 5.82 Å². The van der Waals surface area contributed by atoms with Crippen molar-refractivity contribution in [2.45, 2.75) is 0 Å². The summed E-state index contributed by atoms with van der Waals surface area (Å²) in [6.07, 6.45) is 0.888. The zero-order valence-electron chi connectivity index (χ0n) is 11.0. The van der Waals surface area contributed by atoms with E-state index in [1.807, 2.05) is 18.2 Å². The summed E-state index contributed by atoms with van der Waals surface area (Å²) in [5.41, 5.74) is 13.4. The van der Waals surface area contributed by atoms with E-state index in [0.717, 1.165) is 36.1 Å². The van der Waals surface area contributed by atoms with Gasteiger partial charge in [-0.1, -0.05) is 6.07 Å². The molecule has 1 aliphatic heterocycles. The highest BCUT2D eigenvalue weighted by molar-refractivity contribution is 5.99. The van der Waals surface area contributed by atoms with Gasteiger partial charge in [-0.3, -0.25) is 4.79 Å². The molecule has 7 nitrogen and oxygen atoms in total. The van der Waals surface area contributed by atoms with Crippen LogP contribution in [0, 0.1) is 0 Å². The van der Waals surface area contributed by atoms with Gasteiger partial charge in [-0.25, -0.2) is 4.98 Å². The molecule has 1 saturated heterocycles. The van der Waals surface area contributed by atoms with Gasteiger partial charge in [-0.2, -0.15) is 4.98 Å². The third kappa shape index (κ3) is 2.07. The van der Waals surface area contributed by atoms with E-state index in [4.69, 9.17) is 11.5 Å². The normalized spacial score (nSPS) is 15.6. The Balaban J connectivity index is 2.02. The predicted octanol–water partition coefficient (Wildman–Crippen LogP) is 0.0726. The molecule has 0 spiro atoms. The standard InChI is InChI=1S/C13H16N6O/c14-12-11-9(16-13(15)17-12)2-1-3-10(11)19-6-4-18(8-20)5-7-19/h1-3,8H,4-7H2,(H4,14,15,16,17). The molecule has 0 bridgehead atoms. The molecule has 0 aliphatic carbocycles. The van der Waals surface area contributed by atoms with Gasteiger partial charge >= 0.3 is 0 Å². The van der Waals surface area contributed by atoms with Crippen LogP contribution in [0.4, 0.5) is 17.5 Å². The summed E-state index contributed by atoms with van der Waals surface area (Å²) in [6, 6.07) is 5.79. The highest BCUT2D eigenvalue weighted by atomic mass is 16.1. The van der Waals surface area contributed by atoms with Crippen LogP contribution in [-0.4, -0.2) is 47.5 Å². The number of rotatable bonds is 2. The highest BCUT2D eigenvalue weighted by Crippen LogP contribution is 2.30. The first-order valence-corrected chi connectivity index (χ1v) is 6.45.